The number of esters is 4. The van der Waals surface area contributed by atoms with Gasteiger partial charge in [-0.25, -0.2) is 9.13 Å². The van der Waals surface area contributed by atoms with Gasteiger partial charge in [-0.15, -0.1) is 0 Å². The van der Waals surface area contributed by atoms with Crippen LogP contribution < -0.4 is 0 Å². The van der Waals surface area contributed by atoms with Gasteiger partial charge >= 0.3 is 39.5 Å². The van der Waals surface area contributed by atoms with Crippen LogP contribution in [0.5, 0.6) is 0 Å². The minimum atomic E-state index is -4.96. The molecule has 0 aromatic heterocycles. The molecule has 600 valence electrons. The van der Waals surface area contributed by atoms with E-state index >= 15 is 0 Å². The molecule has 0 bridgehead atoms. The van der Waals surface area contributed by atoms with Crippen LogP contribution in [0.25, 0.3) is 0 Å². The molecule has 101 heavy (non-hydrogen) atoms. The van der Waals surface area contributed by atoms with Gasteiger partial charge in [0.1, 0.15) is 19.3 Å². The molecule has 19 heteroatoms. The molecule has 0 aliphatic carbocycles. The largest absolute Gasteiger partial charge is 0.472 e. The minimum Gasteiger partial charge on any atom is -0.462 e. The number of ether oxygens (including phenoxy) is 4. The zero-order chi connectivity index (χ0) is 74.4. The molecule has 0 saturated heterocycles. The highest BCUT2D eigenvalue weighted by Crippen LogP contribution is 2.45. The Bertz CT molecular complexity index is 1960. The summed E-state index contributed by atoms with van der Waals surface area (Å²) in [5.41, 5.74) is 0. The molecule has 0 fully saturated rings. The number of unbranched alkanes of at least 4 members (excludes halogenated alkanes) is 47. The summed E-state index contributed by atoms with van der Waals surface area (Å²) in [7, 11) is -9.92. The first-order valence-corrected chi connectivity index (χ1v) is 45.4. The van der Waals surface area contributed by atoms with Crippen LogP contribution in [0.4, 0.5) is 0 Å². The number of hydrogen-bond acceptors (Lipinski definition) is 15. The normalized spacial score (nSPS) is 14.2. The van der Waals surface area contributed by atoms with Crippen LogP contribution in [0.1, 0.15) is 427 Å². The van der Waals surface area contributed by atoms with E-state index in [0.717, 1.165) is 108 Å². The van der Waals surface area contributed by atoms with E-state index in [4.69, 9.17) is 37.0 Å². The molecule has 17 nitrogen and oxygen atoms in total. The Morgan fingerprint density at radius 3 is 0.752 bits per heavy atom. The van der Waals surface area contributed by atoms with Gasteiger partial charge in [0.2, 0.25) is 0 Å². The summed E-state index contributed by atoms with van der Waals surface area (Å²) < 4.78 is 68.8. The Kier molecular flexibility index (Phi) is 70.9. The van der Waals surface area contributed by atoms with Crippen molar-refractivity contribution in [1.82, 2.24) is 0 Å². The number of rotatable bonds is 80. The first-order valence-electron chi connectivity index (χ1n) is 42.4. The average molecular weight is 1480 g/mol. The number of aliphatic hydroxyl groups excluding tert-OH is 1. The summed E-state index contributed by atoms with van der Waals surface area (Å²) >= 11 is 0. The van der Waals surface area contributed by atoms with Crippen molar-refractivity contribution in [3.63, 3.8) is 0 Å². The van der Waals surface area contributed by atoms with Crippen LogP contribution in [-0.2, 0) is 65.4 Å². The van der Waals surface area contributed by atoms with E-state index in [-0.39, 0.29) is 25.7 Å². The van der Waals surface area contributed by atoms with Crippen molar-refractivity contribution >= 4 is 39.5 Å². The van der Waals surface area contributed by atoms with Crippen molar-refractivity contribution in [3.8, 4) is 0 Å². The highest BCUT2D eigenvalue weighted by atomic mass is 31.2. The number of hydrogen-bond donors (Lipinski definition) is 3. The molecule has 6 atom stereocenters. The Balaban J connectivity index is 5.26. The van der Waals surface area contributed by atoms with Crippen LogP contribution in [0.2, 0.25) is 0 Å². The predicted molar refractivity (Wildman–Crippen MR) is 414 cm³/mol. The lowest BCUT2D eigenvalue weighted by molar-refractivity contribution is -0.161. The predicted octanol–water partition coefficient (Wildman–Crippen LogP) is 24.5. The monoisotopic (exact) mass is 1480 g/mol. The Morgan fingerprint density at radius 1 is 0.287 bits per heavy atom. The molecule has 0 rings (SSSR count). The van der Waals surface area contributed by atoms with Crippen molar-refractivity contribution in [2.24, 2.45) is 17.8 Å². The summed E-state index contributed by atoms with van der Waals surface area (Å²) in [6.45, 7) is 12.0. The third-order valence-corrected chi connectivity index (χ3v) is 21.4. The molecule has 0 saturated carbocycles. The van der Waals surface area contributed by atoms with E-state index in [2.05, 4.69) is 48.5 Å². The third kappa shape index (κ3) is 74.7. The zero-order valence-corrected chi connectivity index (χ0v) is 68.2. The fourth-order valence-electron chi connectivity index (χ4n) is 12.6. The van der Waals surface area contributed by atoms with Crippen molar-refractivity contribution in [3.05, 3.63) is 0 Å². The fourth-order valence-corrected chi connectivity index (χ4v) is 14.2. The molecule has 0 aromatic carbocycles. The van der Waals surface area contributed by atoms with Crippen LogP contribution in [0.15, 0.2) is 0 Å². The summed E-state index contributed by atoms with van der Waals surface area (Å²) in [5, 5.41) is 10.7. The molecule has 3 unspecified atom stereocenters. The summed E-state index contributed by atoms with van der Waals surface area (Å²) in [4.78, 5) is 73.1. The second kappa shape index (κ2) is 72.3. The summed E-state index contributed by atoms with van der Waals surface area (Å²) in [5.74, 6) is 0.243. The van der Waals surface area contributed by atoms with E-state index in [1.54, 1.807) is 0 Å². The van der Waals surface area contributed by atoms with Gasteiger partial charge in [-0.3, -0.25) is 37.3 Å². The first-order chi connectivity index (χ1) is 48.8. The first kappa shape index (κ1) is 99.1. The molecule has 0 heterocycles. The van der Waals surface area contributed by atoms with Crippen LogP contribution in [0, 0.1) is 17.8 Å². The maximum absolute atomic E-state index is 13.1. The molecule has 0 aromatic rings. The molecule has 0 amide bonds. The van der Waals surface area contributed by atoms with E-state index in [9.17, 15) is 43.2 Å². The second-order valence-corrected chi connectivity index (χ2v) is 33.6. The lowest BCUT2D eigenvalue weighted by Gasteiger charge is -2.21. The number of phosphoric ester groups is 2. The molecule has 3 N–H and O–H groups in total. The lowest BCUT2D eigenvalue weighted by atomic mass is 9.99. The molecule has 0 spiro atoms. The van der Waals surface area contributed by atoms with Gasteiger partial charge in [0, 0.05) is 25.7 Å². The molecular formula is C82H160O17P2. The van der Waals surface area contributed by atoms with E-state index in [0.29, 0.717) is 25.7 Å². The number of carbonyl (C=O) groups excluding carboxylic acids is 4. The van der Waals surface area contributed by atoms with Crippen molar-refractivity contribution in [2.45, 2.75) is 446 Å². The standard InChI is InChI=1S/C82H160O17P2/c1-8-10-11-12-13-14-15-16-17-21-24-29-34-42-49-56-63-79(84)92-69-77(98-81(86)65-58-51-44-35-30-25-22-19-18-20-23-27-32-39-46-53-60-73(3)4)71-96-100(88,89)94-67-76(83)68-95-101(90,91)97-72-78(70-93-80(85)64-57-50-43-38-37-41-48-55-62-75(7)9-2)99-82(87)66-59-52-45-36-31-26-28-33-40-47-54-61-74(5)6/h73-78,83H,8-72H2,1-7H3,(H,88,89)(H,90,91)/t75?,76-,77-,78-/m1/s1. The van der Waals surface area contributed by atoms with Crippen molar-refractivity contribution in [2.75, 3.05) is 39.6 Å². The van der Waals surface area contributed by atoms with Crippen LogP contribution in [-0.4, -0.2) is 96.7 Å². The smallest absolute Gasteiger partial charge is 0.462 e. The average Bonchev–Trinajstić information content (AvgIpc) is 0.973. The Morgan fingerprint density at radius 2 is 0.505 bits per heavy atom. The van der Waals surface area contributed by atoms with Gasteiger partial charge in [0.15, 0.2) is 12.2 Å². The van der Waals surface area contributed by atoms with Crippen molar-refractivity contribution < 1.29 is 80.2 Å². The zero-order valence-electron chi connectivity index (χ0n) is 66.4. The van der Waals surface area contributed by atoms with Crippen molar-refractivity contribution in [1.29, 1.82) is 0 Å². The molecular weight excluding hydrogens is 1320 g/mol. The minimum absolute atomic E-state index is 0.106. The SMILES string of the molecule is CCCCCCCCCCCCCCCCCCC(=O)OC[C@H](COP(=O)(O)OC[C@@H](O)COP(=O)(O)OC[C@@H](COC(=O)CCCCCCCCCCC(C)CC)OC(=O)CCCCCCCCCCCCCC(C)C)OC(=O)CCCCCCCCCCCCCCCCCCC(C)C. The summed E-state index contributed by atoms with van der Waals surface area (Å²) in [6.07, 6.45) is 60.9. The van der Waals surface area contributed by atoms with Gasteiger partial charge in [0.25, 0.3) is 0 Å². The highest BCUT2D eigenvalue weighted by Gasteiger charge is 2.30. The Hall–Kier alpha value is -1.94. The number of phosphoric acid groups is 2. The lowest BCUT2D eigenvalue weighted by Crippen LogP contribution is -2.30. The fraction of sp³-hybridized carbons (Fsp3) is 0.951. The topological polar surface area (TPSA) is 237 Å². The van der Waals surface area contributed by atoms with Gasteiger partial charge in [0.05, 0.1) is 26.4 Å². The van der Waals surface area contributed by atoms with E-state index in [1.165, 1.54) is 238 Å². The number of aliphatic hydroxyl groups is 1. The van der Waals surface area contributed by atoms with Crippen LogP contribution in [0.3, 0.4) is 0 Å². The maximum Gasteiger partial charge on any atom is 0.472 e. The molecule has 0 aliphatic rings. The Labute approximate surface area is 619 Å². The summed E-state index contributed by atoms with van der Waals surface area (Å²) in [6, 6.07) is 0. The second-order valence-electron chi connectivity index (χ2n) is 30.7. The van der Waals surface area contributed by atoms with Crippen LogP contribution >= 0.6 is 15.6 Å². The third-order valence-electron chi connectivity index (χ3n) is 19.5. The van der Waals surface area contributed by atoms with E-state index < -0.39 is 97.5 Å². The van der Waals surface area contributed by atoms with E-state index in [1.807, 2.05) is 0 Å². The van der Waals surface area contributed by atoms with Gasteiger partial charge < -0.3 is 33.8 Å². The van der Waals surface area contributed by atoms with Gasteiger partial charge in [-0.1, -0.05) is 376 Å². The van der Waals surface area contributed by atoms with Gasteiger partial charge in [-0.05, 0) is 43.4 Å². The molecule has 0 radical (unpaired) electrons. The van der Waals surface area contributed by atoms with Gasteiger partial charge in [-0.2, -0.15) is 0 Å². The highest BCUT2D eigenvalue weighted by molar-refractivity contribution is 7.47. The maximum atomic E-state index is 13.1. The number of carbonyl (C=O) groups is 4. The molecule has 0 aliphatic heterocycles. The quantitative estimate of drug-likeness (QED) is 0.0222.